The molecule has 1 saturated heterocycles. The summed E-state index contributed by atoms with van der Waals surface area (Å²) in [5.74, 6) is 0.676. The third-order valence-electron chi connectivity index (χ3n) is 5.06. The lowest BCUT2D eigenvalue weighted by molar-refractivity contribution is -0.130. The molecule has 1 N–H and O–H groups in total. The van der Waals surface area contributed by atoms with Gasteiger partial charge in [-0.3, -0.25) is 9.48 Å². The Bertz CT molecular complexity index is 714. The van der Waals surface area contributed by atoms with Crippen LogP contribution in [0.5, 0.6) is 0 Å². The fraction of sp³-hybridized carbons (Fsp3) is 0.529. The van der Waals surface area contributed by atoms with E-state index in [1.807, 2.05) is 24.3 Å². The van der Waals surface area contributed by atoms with E-state index in [-0.39, 0.29) is 30.5 Å². The summed E-state index contributed by atoms with van der Waals surface area (Å²) >= 11 is 0. The van der Waals surface area contributed by atoms with Gasteiger partial charge in [-0.1, -0.05) is 18.2 Å². The third kappa shape index (κ3) is 2.52. The van der Waals surface area contributed by atoms with E-state index < -0.39 is 0 Å². The molecule has 23 heavy (non-hydrogen) atoms. The number of para-hydroxylation sites is 1. The van der Waals surface area contributed by atoms with Crippen molar-refractivity contribution in [1.82, 2.24) is 15.1 Å². The Labute approximate surface area is 134 Å². The number of rotatable bonds is 5. The number of fused-ring (bicyclic) bond motifs is 2. The van der Waals surface area contributed by atoms with Crippen LogP contribution < -0.4 is 5.32 Å². The molecule has 2 aliphatic rings. The van der Waals surface area contributed by atoms with Crippen molar-refractivity contribution in [3.8, 4) is 0 Å². The Morgan fingerprint density at radius 2 is 2.35 bits per heavy atom. The van der Waals surface area contributed by atoms with Gasteiger partial charge < -0.3 is 14.8 Å². The van der Waals surface area contributed by atoms with Crippen molar-refractivity contribution in [2.24, 2.45) is 11.8 Å². The first-order valence-corrected chi connectivity index (χ1v) is 8.08. The summed E-state index contributed by atoms with van der Waals surface area (Å²) in [6, 6.07) is 8.06. The number of nitrogens with one attached hydrogen (secondary N) is 1. The SMILES string of the molecule is COC[C@H]1[C@@H](NC(=O)Cn2ncc3ccccc32)[C@@H]2CCO[C@@H]21. The summed E-state index contributed by atoms with van der Waals surface area (Å²) in [5.41, 5.74) is 0.978. The van der Waals surface area contributed by atoms with Gasteiger partial charge in [-0.25, -0.2) is 0 Å². The van der Waals surface area contributed by atoms with Gasteiger partial charge in [0.1, 0.15) is 6.54 Å². The van der Waals surface area contributed by atoms with Gasteiger partial charge in [0.2, 0.25) is 5.91 Å². The predicted octanol–water partition coefficient (Wildman–Crippen LogP) is 1.20. The van der Waals surface area contributed by atoms with Crippen molar-refractivity contribution in [3.63, 3.8) is 0 Å². The Kier molecular flexibility index (Phi) is 3.79. The van der Waals surface area contributed by atoms with Crippen LogP contribution in [0.3, 0.4) is 0 Å². The molecule has 1 saturated carbocycles. The van der Waals surface area contributed by atoms with E-state index in [9.17, 15) is 4.79 Å². The number of amides is 1. The zero-order valence-electron chi connectivity index (χ0n) is 13.1. The van der Waals surface area contributed by atoms with Crippen LogP contribution in [0.25, 0.3) is 10.9 Å². The van der Waals surface area contributed by atoms with Gasteiger partial charge in [-0.05, 0) is 12.5 Å². The maximum absolute atomic E-state index is 12.4. The maximum atomic E-state index is 12.4. The first-order valence-electron chi connectivity index (χ1n) is 8.08. The van der Waals surface area contributed by atoms with Crippen molar-refractivity contribution in [2.75, 3.05) is 20.3 Å². The molecule has 4 rings (SSSR count). The summed E-state index contributed by atoms with van der Waals surface area (Å²) in [6.07, 6.45) is 3.05. The van der Waals surface area contributed by atoms with E-state index in [1.165, 1.54) is 0 Å². The van der Waals surface area contributed by atoms with Gasteiger partial charge in [-0.15, -0.1) is 0 Å². The van der Waals surface area contributed by atoms with E-state index in [4.69, 9.17) is 9.47 Å². The molecule has 1 amide bonds. The number of aromatic nitrogens is 2. The van der Waals surface area contributed by atoms with Gasteiger partial charge in [0.15, 0.2) is 0 Å². The summed E-state index contributed by atoms with van der Waals surface area (Å²) in [5, 5.41) is 8.53. The number of ether oxygens (including phenoxy) is 2. The van der Waals surface area contributed by atoms with Crippen molar-refractivity contribution in [2.45, 2.75) is 25.1 Å². The molecule has 6 nitrogen and oxygen atoms in total. The molecule has 4 atom stereocenters. The van der Waals surface area contributed by atoms with E-state index in [1.54, 1.807) is 18.0 Å². The Morgan fingerprint density at radius 1 is 1.48 bits per heavy atom. The molecule has 0 spiro atoms. The number of methoxy groups -OCH3 is 1. The number of carbonyl (C=O) groups is 1. The number of hydrogen-bond acceptors (Lipinski definition) is 4. The van der Waals surface area contributed by atoms with Crippen LogP contribution in [0.15, 0.2) is 30.5 Å². The molecular formula is C17H21N3O3. The minimum Gasteiger partial charge on any atom is -0.384 e. The number of nitrogens with zero attached hydrogens (tertiary/aromatic N) is 2. The fourth-order valence-electron chi connectivity index (χ4n) is 3.95. The molecule has 1 aliphatic carbocycles. The average Bonchev–Trinajstić information content (AvgIpc) is 3.16. The van der Waals surface area contributed by atoms with Gasteiger partial charge in [0.25, 0.3) is 0 Å². The smallest absolute Gasteiger partial charge is 0.241 e. The highest BCUT2D eigenvalue weighted by Crippen LogP contribution is 2.43. The van der Waals surface area contributed by atoms with Crippen LogP contribution in [-0.2, 0) is 20.8 Å². The highest BCUT2D eigenvalue weighted by atomic mass is 16.5. The van der Waals surface area contributed by atoms with Crippen LogP contribution >= 0.6 is 0 Å². The molecule has 1 aromatic heterocycles. The zero-order valence-corrected chi connectivity index (χ0v) is 13.1. The van der Waals surface area contributed by atoms with Gasteiger partial charge in [-0.2, -0.15) is 5.10 Å². The monoisotopic (exact) mass is 315 g/mol. The largest absolute Gasteiger partial charge is 0.384 e. The minimum atomic E-state index is -0.00435. The molecule has 0 unspecified atom stereocenters. The molecule has 2 heterocycles. The van der Waals surface area contributed by atoms with E-state index in [0.717, 1.165) is 23.9 Å². The second kappa shape index (κ2) is 5.94. The Balaban J connectivity index is 1.43. The van der Waals surface area contributed by atoms with E-state index in [0.29, 0.717) is 12.5 Å². The van der Waals surface area contributed by atoms with Crippen LogP contribution in [0.1, 0.15) is 6.42 Å². The highest BCUT2D eigenvalue weighted by molar-refractivity contribution is 5.82. The van der Waals surface area contributed by atoms with Crippen LogP contribution in [0, 0.1) is 11.8 Å². The third-order valence-corrected chi connectivity index (χ3v) is 5.06. The fourth-order valence-corrected chi connectivity index (χ4v) is 3.95. The zero-order chi connectivity index (χ0) is 15.8. The van der Waals surface area contributed by atoms with Crippen molar-refractivity contribution < 1.29 is 14.3 Å². The Hall–Kier alpha value is -1.92. The summed E-state index contributed by atoms with van der Waals surface area (Å²) in [6.45, 7) is 1.64. The van der Waals surface area contributed by atoms with E-state index in [2.05, 4.69) is 10.4 Å². The second-order valence-corrected chi connectivity index (χ2v) is 6.36. The lowest BCUT2D eigenvalue weighted by Gasteiger charge is -2.47. The van der Waals surface area contributed by atoms with Crippen molar-refractivity contribution in [1.29, 1.82) is 0 Å². The molecule has 6 heteroatoms. The molecular weight excluding hydrogens is 294 g/mol. The minimum absolute atomic E-state index is 0.00435. The molecule has 0 radical (unpaired) electrons. The quantitative estimate of drug-likeness (QED) is 0.900. The first kappa shape index (κ1) is 14.7. The number of benzene rings is 1. The molecule has 2 fully saturated rings. The number of carbonyl (C=O) groups excluding carboxylic acids is 1. The second-order valence-electron chi connectivity index (χ2n) is 6.36. The van der Waals surface area contributed by atoms with E-state index >= 15 is 0 Å². The first-order chi connectivity index (χ1) is 11.3. The van der Waals surface area contributed by atoms with Crippen molar-refractivity contribution in [3.05, 3.63) is 30.5 Å². The molecule has 0 bridgehead atoms. The van der Waals surface area contributed by atoms with Gasteiger partial charge in [0.05, 0.1) is 24.4 Å². The normalized spacial score (nSPS) is 29.3. The maximum Gasteiger partial charge on any atom is 0.241 e. The van der Waals surface area contributed by atoms with Gasteiger partial charge >= 0.3 is 0 Å². The molecule has 122 valence electrons. The molecule has 1 aromatic carbocycles. The molecule has 2 aromatic rings. The topological polar surface area (TPSA) is 65.4 Å². The predicted molar refractivity (Wildman–Crippen MR) is 84.9 cm³/mol. The van der Waals surface area contributed by atoms with Crippen LogP contribution in [-0.4, -0.2) is 48.2 Å². The lowest BCUT2D eigenvalue weighted by atomic mass is 9.67. The lowest BCUT2D eigenvalue weighted by Crippen LogP contribution is -2.63. The summed E-state index contributed by atoms with van der Waals surface area (Å²) < 4.78 is 12.8. The summed E-state index contributed by atoms with van der Waals surface area (Å²) in [7, 11) is 1.69. The average molecular weight is 315 g/mol. The van der Waals surface area contributed by atoms with Crippen LogP contribution in [0.2, 0.25) is 0 Å². The highest BCUT2D eigenvalue weighted by Gasteiger charge is 2.54. The molecule has 1 aliphatic heterocycles. The Morgan fingerprint density at radius 3 is 3.22 bits per heavy atom. The standard InChI is InChI=1S/C17H21N3O3/c1-22-10-13-16(12-6-7-23-17(12)13)19-15(21)9-20-14-5-3-2-4-11(14)8-18-20/h2-5,8,12-13,16-17H,6-7,9-10H2,1H3,(H,19,21)/t12-,13-,16-,17-/m0/s1. The van der Waals surface area contributed by atoms with Crippen LogP contribution in [0.4, 0.5) is 0 Å². The summed E-state index contributed by atoms with van der Waals surface area (Å²) in [4.78, 5) is 12.4. The number of hydrogen-bond donors (Lipinski definition) is 1. The van der Waals surface area contributed by atoms with Crippen molar-refractivity contribution >= 4 is 16.8 Å². The van der Waals surface area contributed by atoms with Gasteiger partial charge in [0, 0.05) is 37.0 Å².